The molecule has 1 aromatic rings. The Morgan fingerprint density at radius 2 is 2.33 bits per heavy atom. The van der Waals surface area contributed by atoms with Crippen LogP contribution in [0.15, 0.2) is 10.5 Å². The fraction of sp³-hybridized carbons (Fsp3) is 0.500. The van der Waals surface area contributed by atoms with Crippen LogP contribution in [0.4, 0.5) is 0 Å². The average molecular weight is 228 g/mol. The molecule has 84 valence electrons. The molecule has 1 rings (SSSR count). The lowest BCUT2D eigenvalue weighted by Gasteiger charge is -2.00. The van der Waals surface area contributed by atoms with Gasteiger partial charge in [-0.15, -0.1) is 0 Å². The van der Waals surface area contributed by atoms with Crippen LogP contribution in [0, 0.1) is 6.92 Å². The number of aryl methyl sites for hydroxylation is 1. The predicted molar refractivity (Wildman–Crippen MR) is 61.5 cm³/mol. The van der Waals surface area contributed by atoms with Crippen molar-refractivity contribution in [2.24, 2.45) is 5.84 Å². The number of carbonyl (C=O) groups excluding carboxylic acids is 1. The maximum Gasteiger partial charge on any atom is 0.268 e. The summed E-state index contributed by atoms with van der Waals surface area (Å²) in [6.07, 6.45) is 0. The second kappa shape index (κ2) is 5.23. The monoisotopic (exact) mass is 228 g/mol. The Kier molecular flexibility index (Phi) is 4.23. The molecule has 0 aliphatic carbocycles. The lowest BCUT2D eigenvalue weighted by Crippen LogP contribution is -2.30. The molecule has 15 heavy (non-hydrogen) atoms. The van der Waals surface area contributed by atoms with Crippen molar-refractivity contribution >= 4 is 17.7 Å². The van der Waals surface area contributed by atoms with Gasteiger partial charge in [-0.05, 0) is 18.2 Å². The maximum absolute atomic E-state index is 11.3. The Morgan fingerprint density at radius 3 is 2.87 bits per heavy atom. The van der Waals surface area contributed by atoms with Gasteiger partial charge in [0.15, 0.2) is 0 Å². The van der Waals surface area contributed by atoms with Gasteiger partial charge < -0.3 is 4.42 Å². The molecule has 3 N–H and O–H groups in total. The van der Waals surface area contributed by atoms with Crippen molar-refractivity contribution in [2.75, 3.05) is 0 Å². The summed E-state index contributed by atoms with van der Waals surface area (Å²) in [5.41, 5.74) is 2.61. The summed E-state index contributed by atoms with van der Waals surface area (Å²) in [7, 11) is 0. The molecule has 0 saturated carbocycles. The Morgan fingerprint density at radius 1 is 1.67 bits per heavy atom. The van der Waals surface area contributed by atoms with Gasteiger partial charge in [0.25, 0.3) is 5.91 Å². The minimum atomic E-state index is -0.308. The van der Waals surface area contributed by atoms with Gasteiger partial charge >= 0.3 is 0 Å². The molecule has 1 aromatic heterocycles. The largest absolute Gasteiger partial charge is 0.465 e. The molecule has 0 aliphatic heterocycles. The first kappa shape index (κ1) is 12.1. The topological polar surface area (TPSA) is 68.3 Å². The second-order valence-electron chi connectivity index (χ2n) is 3.52. The van der Waals surface area contributed by atoms with Crippen molar-refractivity contribution < 1.29 is 9.21 Å². The van der Waals surface area contributed by atoms with E-state index in [-0.39, 0.29) is 5.91 Å². The number of carbonyl (C=O) groups is 1. The maximum atomic E-state index is 11.3. The summed E-state index contributed by atoms with van der Waals surface area (Å²) in [4.78, 5) is 11.3. The highest BCUT2D eigenvalue weighted by molar-refractivity contribution is 7.99. The molecule has 0 unspecified atom stereocenters. The van der Waals surface area contributed by atoms with Gasteiger partial charge in [-0.2, -0.15) is 11.8 Å². The predicted octanol–water partition coefficient (Wildman–Crippen LogP) is 1.83. The van der Waals surface area contributed by atoms with Crippen LogP contribution in [0.25, 0.3) is 0 Å². The van der Waals surface area contributed by atoms with E-state index >= 15 is 0 Å². The number of hydrogen-bond acceptors (Lipinski definition) is 4. The fourth-order valence-electron chi connectivity index (χ4n) is 1.17. The van der Waals surface area contributed by atoms with Crippen LogP contribution >= 0.6 is 11.8 Å². The van der Waals surface area contributed by atoms with E-state index in [1.807, 2.05) is 0 Å². The van der Waals surface area contributed by atoms with Crippen LogP contribution in [0.1, 0.15) is 35.7 Å². The van der Waals surface area contributed by atoms with Crippen LogP contribution in [-0.2, 0) is 5.75 Å². The van der Waals surface area contributed by atoms with Crippen molar-refractivity contribution in [3.63, 3.8) is 0 Å². The summed E-state index contributed by atoms with van der Waals surface area (Å²) in [5, 5.41) is 0.544. The van der Waals surface area contributed by atoms with Crippen molar-refractivity contribution in [2.45, 2.75) is 31.8 Å². The summed E-state index contributed by atoms with van der Waals surface area (Å²) >= 11 is 1.77. The van der Waals surface area contributed by atoms with Crippen LogP contribution < -0.4 is 11.3 Å². The smallest absolute Gasteiger partial charge is 0.268 e. The highest BCUT2D eigenvalue weighted by Gasteiger charge is 2.13. The van der Waals surface area contributed by atoms with E-state index in [2.05, 4.69) is 19.3 Å². The number of rotatable bonds is 4. The lowest BCUT2D eigenvalue weighted by molar-refractivity contribution is 0.0952. The van der Waals surface area contributed by atoms with E-state index in [0.717, 1.165) is 11.5 Å². The van der Waals surface area contributed by atoms with E-state index in [0.29, 0.717) is 16.6 Å². The first-order chi connectivity index (χ1) is 7.04. The highest BCUT2D eigenvalue weighted by atomic mass is 32.2. The zero-order valence-corrected chi connectivity index (χ0v) is 9.98. The molecule has 1 amide bonds. The van der Waals surface area contributed by atoms with E-state index in [1.54, 1.807) is 24.8 Å². The Bertz CT molecular complexity index is 347. The third-order valence-corrected chi connectivity index (χ3v) is 3.02. The Hall–Kier alpha value is -0.940. The fourth-order valence-corrected chi connectivity index (χ4v) is 1.81. The van der Waals surface area contributed by atoms with Gasteiger partial charge in [0, 0.05) is 0 Å². The normalized spacial score (nSPS) is 10.7. The Balaban J connectivity index is 2.72. The van der Waals surface area contributed by atoms with Crippen molar-refractivity contribution in [1.29, 1.82) is 0 Å². The van der Waals surface area contributed by atoms with E-state index in [4.69, 9.17) is 10.3 Å². The molecule has 1 heterocycles. The minimum Gasteiger partial charge on any atom is -0.465 e. The van der Waals surface area contributed by atoms with Crippen molar-refractivity contribution in [3.05, 3.63) is 23.2 Å². The molecule has 0 spiro atoms. The highest BCUT2D eigenvalue weighted by Crippen LogP contribution is 2.21. The molecular formula is C10H16N2O2S. The molecule has 5 heteroatoms. The number of nitrogens with one attached hydrogen (secondary N) is 1. The summed E-state index contributed by atoms with van der Waals surface area (Å²) in [6.45, 7) is 6.00. The van der Waals surface area contributed by atoms with Gasteiger partial charge in [0.2, 0.25) is 0 Å². The van der Waals surface area contributed by atoms with Crippen molar-refractivity contribution in [1.82, 2.24) is 5.43 Å². The van der Waals surface area contributed by atoms with E-state index in [9.17, 15) is 4.79 Å². The average Bonchev–Trinajstić information content (AvgIpc) is 2.55. The third-order valence-electron chi connectivity index (χ3n) is 1.90. The number of nitrogens with two attached hydrogens (primary N) is 1. The minimum absolute atomic E-state index is 0.308. The molecule has 0 bridgehead atoms. The number of nitrogen functional groups attached to an aromatic ring is 1. The van der Waals surface area contributed by atoms with Gasteiger partial charge in [0.1, 0.15) is 11.5 Å². The number of thioether (sulfide) groups is 1. The standard InChI is InChI=1S/C10H16N2O2S/c1-6(2)15-5-8-4-9(7(3)14-8)10(13)12-11/h4,6H,5,11H2,1-3H3,(H,12,13). The van der Waals surface area contributed by atoms with Crippen LogP contribution in [0.3, 0.4) is 0 Å². The quantitative estimate of drug-likeness (QED) is 0.468. The zero-order chi connectivity index (χ0) is 11.4. The first-order valence-corrected chi connectivity index (χ1v) is 5.81. The third kappa shape index (κ3) is 3.28. The number of hydrazine groups is 1. The Labute approximate surface area is 93.6 Å². The van der Waals surface area contributed by atoms with Gasteiger partial charge in [-0.25, -0.2) is 5.84 Å². The number of hydrogen-bond donors (Lipinski definition) is 2. The number of furan rings is 1. The van der Waals surface area contributed by atoms with Crippen LogP contribution in [-0.4, -0.2) is 11.2 Å². The molecule has 0 saturated heterocycles. The summed E-state index contributed by atoms with van der Waals surface area (Å²) < 4.78 is 5.45. The summed E-state index contributed by atoms with van der Waals surface area (Å²) in [6, 6.07) is 1.74. The molecule has 4 nitrogen and oxygen atoms in total. The first-order valence-electron chi connectivity index (χ1n) is 4.76. The van der Waals surface area contributed by atoms with Gasteiger partial charge in [0.05, 0.1) is 11.3 Å². The van der Waals surface area contributed by atoms with Crippen molar-refractivity contribution in [3.8, 4) is 0 Å². The van der Waals surface area contributed by atoms with E-state index < -0.39 is 0 Å². The molecule has 0 fully saturated rings. The zero-order valence-electron chi connectivity index (χ0n) is 9.16. The molecule has 0 aliphatic rings. The molecule has 0 atom stereocenters. The summed E-state index contributed by atoms with van der Waals surface area (Å²) in [5.74, 6) is 6.94. The van der Waals surface area contributed by atoms with Gasteiger partial charge in [-0.3, -0.25) is 10.2 Å². The van der Waals surface area contributed by atoms with Crippen LogP contribution in [0.2, 0.25) is 0 Å². The molecule has 0 aromatic carbocycles. The van der Waals surface area contributed by atoms with E-state index in [1.165, 1.54) is 0 Å². The number of amides is 1. The SMILES string of the molecule is Cc1oc(CSC(C)C)cc1C(=O)NN. The lowest BCUT2D eigenvalue weighted by atomic mass is 10.2. The van der Waals surface area contributed by atoms with Crippen LogP contribution in [0.5, 0.6) is 0 Å². The second-order valence-corrected chi connectivity index (χ2v) is 5.08. The molecular weight excluding hydrogens is 212 g/mol. The molecule has 0 radical (unpaired) electrons. The van der Waals surface area contributed by atoms with Gasteiger partial charge in [-0.1, -0.05) is 13.8 Å².